The van der Waals surface area contributed by atoms with E-state index < -0.39 is 4.92 Å². The maximum Gasteiger partial charge on any atom is 0.390 e. The summed E-state index contributed by atoms with van der Waals surface area (Å²) in [6, 6.07) is 1.33. The van der Waals surface area contributed by atoms with Crippen LogP contribution in [0.2, 0.25) is 0 Å². The number of carbonyl (C=O) groups excluding carboxylic acids is 1. The van der Waals surface area contributed by atoms with Crippen LogP contribution in [0.15, 0.2) is 12.3 Å². The van der Waals surface area contributed by atoms with E-state index in [-0.39, 0.29) is 18.3 Å². The number of hydrogen-bond acceptors (Lipinski definition) is 5. The Morgan fingerprint density at radius 3 is 2.67 bits per heavy atom. The van der Waals surface area contributed by atoms with Gasteiger partial charge in [0.25, 0.3) is 0 Å². The second-order valence-corrected chi connectivity index (χ2v) is 4.57. The van der Waals surface area contributed by atoms with Gasteiger partial charge in [-0.1, -0.05) is 0 Å². The molecule has 2 heterocycles. The van der Waals surface area contributed by atoms with Crippen molar-refractivity contribution in [1.29, 1.82) is 0 Å². The Balaban J connectivity index is 2.08. The quantitative estimate of drug-likeness (QED) is 0.659. The molecule has 0 aliphatic heterocycles. The number of hydrogen-bond donors (Lipinski definition) is 1. The van der Waals surface area contributed by atoms with Crippen LogP contribution in [0.4, 0.5) is 11.5 Å². The first kappa shape index (κ1) is 14.7. The number of anilines is 1. The van der Waals surface area contributed by atoms with E-state index in [0.29, 0.717) is 17.9 Å². The van der Waals surface area contributed by atoms with Crippen LogP contribution >= 0.6 is 0 Å². The van der Waals surface area contributed by atoms with Crippen molar-refractivity contribution in [2.45, 2.75) is 33.9 Å². The van der Waals surface area contributed by atoms with Gasteiger partial charge in [0.05, 0.1) is 34.4 Å². The lowest BCUT2D eigenvalue weighted by Crippen LogP contribution is -2.20. The van der Waals surface area contributed by atoms with E-state index in [4.69, 9.17) is 0 Å². The molecule has 0 atom stereocenters. The van der Waals surface area contributed by atoms with E-state index in [2.05, 4.69) is 15.5 Å². The topological polar surface area (TPSA) is 108 Å². The van der Waals surface area contributed by atoms with E-state index >= 15 is 0 Å². The van der Waals surface area contributed by atoms with Crippen molar-refractivity contribution in [3.63, 3.8) is 0 Å². The van der Waals surface area contributed by atoms with E-state index in [1.54, 1.807) is 17.8 Å². The fraction of sp³-hybridized carbons (Fsp3) is 0.417. The third kappa shape index (κ3) is 3.07. The Labute approximate surface area is 120 Å². The second kappa shape index (κ2) is 5.73. The summed E-state index contributed by atoms with van der Waals surface area (Å²) in [5.74, 6) is -0.579. The van der Waals surface area contributed by atoms with Crippen molar-refractivity contribution < 1.29 is 9.72 Å². The first-order valence-corrected chi connectivity index (χ1v) is 6.43. The van der Waals surface area contributed by atoms with Gasteiger partial charge in [-0.05, 0) is 25.7 Å². The Morgan fingerprint density at radius 1 is 1.43 bits per heavy atom. The molecule has 0 aromatic carbocycles. The SMILES string of the molecule is CCn1ncc(NC(=O)Cn2nc([N+](=O)[O-])cc2C)c1C. The van der Waals surface area contributed by atoms with Crippen LogP contribution < -0.4 is 5.32 Å². The van der Waals surface area contributed by atoms with Gasteiger partial charge in [-0.15, -0.1) is 0 Å². The van der Waals surface area contributed by atoms with Gasteiger partial charge >= 0.3 is 5.82 Å². The number of nitro groups is 1. The van der Waals surface area contributed by atoms with Crippen LogP contribution in [0.25, 0.3) is 0 Å². The number of aryl methyl sites for hydroxylation is 2. The average Bonchev–Trinajstić information content (AvgIpc) is 2.95. The monoisotopic (exact) mass is 292 g/mol. The van der Waals surface area contributed by atoms with Crippen molar-refractivity contribution in [3.05, 3.63) is 33.8 Å². The van der Waals surface area contributed by atoms with Crippen molar-refractivity contribution >= 4 is 17.4 Å². The smallest absolute Gasteiger partial charge is 0.358 e. The Kier molecular flexibility index (Phi) is 4.01. The zero-order valence-corrected chi connectivity index (χ0v) is 12.0. The lowest BCUT2D eigenvalue weighted by molar-refractivity contribution is -0.389. The normalized spacial score (nSPS) is 10.6. The molecule has 2 rings (SSSR count). The van der Waals surface area contributed by atoms with Crippen molar-refractivity contribution in [3.8, 4) is 0 Å². The zero-order valence-electron chi connectivity index (χ0n) is 12.0. The summed E-state index contributed by atoms with van der Waals surface area (Å²) in [6.45, 7) is 6.10. The molecule has 112 valence electrons. The van der Waals surface area contributed by atoms with Gasteiger partial charge < -0.3 is 15.4 Å². The number of nitrogens with zero attached hydrogens (tertiary/aromatic N) is 5. The van der Waals surface area contributed by atoms with Crippen LogP contribution in [0.5, 0.6) is 0 Å². The maximum absolute atomic E-state index is 12.0. The summed E-state index contributed by atoms with van der Waals surface area (Å²) >= 11 is 0. The summed E-state index contributed by atoms with van der Waals surface area (Å²) in [6.07, 6.45) is 1.58. The molecule has 1 N–H and O–H groups in total. The van der Waals surface area contributed by atoms with E-state index in [0.717, 1.165) is 5.69 Å². The maximum atomic E-state index is 12.0. The highest BCUT2D eigenvalue weighted by atomic mass is 16.6. The highest BCUT2D eigenvalue weighted by Gasteiger charge is 2.18. The molecule has 0 fully saturated rings. The lowest BCUT2D eigenvalue weighted by Gasteiger charge is -2.04. The van der Waals surface area contributed by atoms with Crippen molar-refractivity contribution in [2.24, 2.45) is 0 Å². The summed E-state index contributed by atoms with van der Waals surface area (Å²) in [5.41, 5.74) is 2.04. The minimum Gasteiger partial charge on any atom is -0.358 e. The molecule has 0 radical (unpaired) electrons. The molecule has 2 aromatic heterocycles. The molecule has 0 saturated carbocycles. The van der Waals surface area contributed by atoms with Crippen LogP contribution in [0.1, 0.15) is 18.3 Å². The van der Waals surface area contributed by atoms with E-state index in [9.17, 15) is 14.9 Å². The third-order valence-corrected chi connectivity index (χ3v) is 3.13. The number of rotatable bonds is 5. The summed E-state index contributed by atoms with van der Waals surface area (Å²) in [5, 5.41) is 21.3. The predicted molar refractivity (Wildman–Crippen MR) is 74.9 cm³/mol. The largest absolute Gasteiger partial charge is 0.390 e. The second-order valence-electron chi connectivity index (χ2n) is 4.57. The molecule has 0 aliphatic carbocycles. The van der Waals surface area contributed by atoms with E-state index in [1.807, 2.05) is 13.8 Å². The molecule has 1 amide bonds. The fourth-order valence-corrected chi connectivity index (χ4v) is 1.96. The first-order chi connectivity index (χ1) is 9.92. The van der Waals surface area contributed by atoms with Gasteiger partial charge in [-0.3, -0.25) is 9.48 Å². The Bertz CT molecular complexity index is 687. The summed E-state index contributed by atoms with van der Waals surface area (Å²) in [4.78, 5) is 22.0. The highest BCUT2D eigenvalue weighted by Crippen LogP contribution is 2.14. The van der Waals surface area contributed by atoms with Crippen LogP contribution in [-0.4, -0.2) is 30.4 Å². The lowest BCUT2D eigenvalue weighted by atomic mass is 10.4. The van der Waals surface area contributed by atoms with Gasteiger partial charge in [-0.25, -0.2) is 0 Å². The molecule has 0 saturated heterocycles. The standard InChI is InChI=1S/C12H16N6O3/c1-4-16-9(3)10(6-13-16)14-12(19)7-17-8(2)5-11(15-17)18(20)21/h5-6H,4,7H2,1-3H3,(H,14,19). The minimum atomic E-state index is -0.586. The Hall–Kier alpha value is -2.71. The van der Waals surface area contributed by atoms with Crippen molar-refractivity contribution in [1.82, 2.24) is 19.6 Å². The molecule has 21 heavy (non-hydrogen) atoms. The predicted octanol–water partition coefficient (Wildman–Crippen LogP) is 1.26. The highest BCUT2D eigenvalue weighted by molar-refractivity contribution is 5.90. The zero-order chi connectivity index (χ0) is 15.6. The minimum absolute atomic E-state index is 0.0869. The molecule has 0 bridgehead atoms. The molecular weight excluding hydrogens is 276 g/mol. The number of amides is 1. The van der Waals surface area contributed by atoms with Gasteiger partial charge in [0.15, 0.2) is 0 Å². The summed E-state index contributed by atoms with van der Waals surface area (Å²) in [7, 11) is 0. The molecule has 0 unspecified atom stereocenters. The first-order valence-electron chi connectivity index (χ1n) is 6.43. The molecule has 0 spiro atoms. The van der Waals surface area contributed by atoms with Gasteiger partial charge in [-0.2, -0.15) is 9.78 Å². The Morgan fingerprint density at radius 2 is 2.14 bits per heavy atom. The average molecular weight is 292 g/mol. The number of nitrogens with one attached hydrogen (secondary N) is 1. The summed E-state index contributed by atoms with van der Waals surface area (Å²) < 4.78 is 3.06. The molecule has 9 heteroatoms. The fourth-order valence-electron chi connectivity index (χ4n) is 1.96. The number of carbonyl (C=O) groups is 1. The molecule has 9 nitrogen and oxygen atoms in total. The molecular formula is C12H16N6O3. The number of aromatic nitrogens is 4. The van der Waals surface area contributed by atoms with Crippen LogP contribution in [0.3, 0.4) is 0 Å². The van der Waals surface area contributed by atoms with Gasteiger partial charge in [0.1, 0.15) is 6.54 Å². The molecule has 2 aromatic rings. The third-order valence-electron chi connectivity index (χ3n) is 3.13. The van der Waals surface area contributed by atoms with Crippen LogP contribution in [0, 0.1) is 24.0 Å². The van der Waals surface area contributed by atoms with E-state index in [1.165, 1.54) is 10.7 Å². The van der Waals surface area contributed by atoms with Crippen molar-refractivity contribution in [2.75, 3.05) is 5.32 Å². The van der Waals surface area contributed by atoms with Crippen LogP contribution in [-0.2, 0) is 17.9 Å². The molecule has 0 aliphatic rings. The van der Waals surface area contributed by atoms with Gasteiger partial charge in [0, 0.05) is 6.54 Å². The van der Waals surface area contributed by atoms with Gasteiger partial charge in [0.2, 0.25) is 5.91 Å².